The minimum atomic E-state index is -4.53. The SMILES string of the molecule is O=C(c1cc(-c2ccc(F)cc2)c[nH]1)N1CCN(c2ccc(C(F)(F)F)nn2)CC1. The standard InChI is InChI=1S/C20H17F4N5O/c21-15-3-1-13(2-4-15)14-11-16(25-12-14)19(30)29-9-7-28(8-10-29)18-6-5-17(26-27-18)20(22,23)24/h1-6,11-12,25H,7-10H2. The molecule has 1 aromatic carbocycles. The Hall–Kier alpha value is -3.43. The number of benzene rings is 1. The van der Waals surface area contributed by atoms with E-state index in [4.69, 9.17) is 0 Å². The van der Waals surface area contributed by atoms with E-state index in [1.807, 2.05) is 0 Å². The Balaban J connectivity index is 1.38. The van der Waals surface area contributed by atoms with Crippen LogP contribution in [0.3, 0.4) is 0 Å². The van der Waals surface area contributed by atoms with Gasteiger partial charge in [0.1, 0.15) is 11.5 Å². The van der Waals surface area contributed by atoms with Gasteiger partial charge in [0.15, 0.2) is 11.5 Å². The van der Waals surface area contributed by atoms with Crippen LogP contribution in [0.2, 0.25) is 0 Å². The highest BCUT2D eigenvalue weighted by molar-refractivity contribution is 5.94. The molecule has 0 aliphatic carbocycles. The molecule has 1 amide bonds. The third kappa shape index (κ3) is 4.12. The molecule has 6 nitrogen and oxygen atoms in total. The van der Waals surface area contributed by atoms with Gasteiger partial charge in [-0.25, -0.2) is 4.39 Å². The van der Waals surface area contributed by atoms with Crippen LogP contribution in [0.4, 0.5) is 23.4 Å². The van der Waals surface area contributed by atoms with Crippen molar-refractivity contribution in [2.45, 2.75) is 6.18 Å². The fourth-order valence-corrected chi connectivity index (χ4v) is 3.28. The van der Waals surface area contributed by atoms with Crippen LogP contribution in [0.15, 0.2) is 48.7 Å². The van der Waals surface area contributed by atoms with E-state index >= 15 is 0 Å². The molecule has 3 heterocycles. The van der Waals surface area contributed by atoms with Crippen LogP contribution in [0.25, 0.3) is 11.1 Å². The van der Waals surface area contributed by atoms with Crippen LogP contribution in [0.1, 0.15) is 16.2 Å². The minimum Gasteiger partial charge on any atom is -0.357 e. The van der Waals surface area contributed by atoms with E-state index in [1.54, 1.807) is 34.2 Å². The van der Waals surface area contributed by atoms with Gasteiger partial charge in [-0.2, -0.15) is 13.2 Å². The molecule has 1 N–H and O–H groups in total. The van der Waals surface area contributed by atoms with Gasteiger partial charge in [-0.15, -0.1) is 10.2 Å². The summed E-state index contributed by atoms with van der Waals surface area (Å²) >= 11 is 0. The molecule has 1 saturated heterocycles. The van der Waals surface area contributed by atoms with Crippen LogP contribution >= 0.6 is 0 Å². The third-order valence-electron chi connectivity index (χ3n) is 4.92. The number of piperazine rings is 1. The molecule has 1 aliphatic heterocycles. The van der Waals surface area contributed by atoms with Crippen molar-refractivity contribution in [3.63, 3.8) is 0 Å². The molecular weight excluding hydrogens is 402 g/mol. The molecule has 0 unspecified atom stereocenters. The predicted octanol–water partition coefficient (Wildman–Crippen LogP) is 3.59. The number of rotatable bonds is 3. The number of anilines is 1. The van der Waals surface area contributed by atoms with Crippen molar-refractivity contribution in [3.05, 3.63) is 65.9 Å². The number of carbonyl (C=O) groups excluding carboxylic acids is 1. The molecule has 0 saturated carbocycles. The van der Waals surface area contributed by atoms with Gasteiger partial charge >= 0.3 is 6.18 Å². The van der Waals surface area contributed by atoms with E-state index in [9.17, 15) is 22.4 Å². The van der Waals surface area contributed by atoms with E-state index in [-0.39, 0.29) is 11.7 Å². The van der Waals surface area contributed by atoms with Gasteiger partial charge in [0, 0.05) is 32.4 Å². The van der Waals surface area contributed by atoms with Crippen molar-refractivity contribution in [1.82, 2.24) is 20.1 Å². The number of carbonyl (C=O) groups is 1. The molecule has 1 aliphatic rings. The number of alkyl halides is 3. The van der Waals surface area contributed by atoms with Gasteiger partial charge in [-0.1, -0.05) is 12.1 Å². The first kappa shape index (κ1) is 19.9. The van der Waals surface area contributed by atoms with Gasteiger partial charge < -0.3 is 14.8 Å². The summed E-state index contributed by atoms with van der Waals surface area (Å²) in [5.74, 6) is -0.170. The van der Waals surface area contributed by atoms with Crippen LogP contribution in [0, 0.1) is 5.82 Å². The average molecular weight is 419 g/mol. The number of hydrogen-bond donors (Lipinski definition) is 1. The Bertz CT molecular complexity index is 1020. The first-order valence-corrected chi connectivity index (χ1v) is 9.21. The summed E-state index contributed by atoms with van der Waals surface area (Å²) in [6, 6.07) is 9.87. The normalized spacial score (nSPS) is 14.8. The zero-order valence-electron chi connectivity index (χ0n) is 15.7. The molecule has 0 atom stereocenters. The summed E-state index contributed by atoms with van der Waals surface area (Å²) in [7, 11) is 0. The van der Waals surface area contributed by atoms with Crippen LogP contribution in [0.5, 0.6) is 0 Å². The Morgan fingerprint density at radius 2 is 1.63 bits per heavy atom. The predicted molar refractivity (Wildman–Crippen MR) is 101 cm³/mol. The minimum absolute atomic E-state index is 0.179. The molecule has 30 heavy (non-hydrogen) atoms. The lowest BCUT2D eigenvalue weighted by Gasteiger charge is -2.35. The second kappa shape index (κ2) is 7.77. The third-order valence-corrected chi connectivity index (χ3v) is 4.92. The molecule has 0 spiro atoms. The topological polar surface area (TPSA) is 65.1 Å². The lowest BCUT2D eigenvalue weighted by Crippen LogP contribution is -2.49. The van der Waals surface area contributed by atoms with Crippen molar-refractivity contribution in [3.8, 4) is 11.1 Å². The smallest absolute Gasteiger partial charge is 0.357 e. The maximum absolute atomic E-state index is 13.1. The van der Waals surface area contributed by atoms with Crippen LogP contribution in [-0.4, -0.2) is 52.2 Å². The number of amides is 1. The van der Waals surface area contributed by atoms with Gasteiger partial charge in [-0.3, -0.25) is 4.79 Å². The van der Waals surface area contributed by atoms with Gasteiger partial charge in [0.2, 0.25) is 0 Å². The Kier molecular flexibility index (Phi) is 5.15. The molecule has 0 bridgehead atoms. The molecule has 4 rings (SSSR count). The fourth-order valence-electron chi connectivity index (χ4n) is 3.28. The lowest BCUT2D eigenvalue weighted by atomic mass is 10.1. The van der Waals surface area contributed by atoms with Gasteiger partial charge in [-0.05, 0) is 41.5 Å². The van der Waals surface area contributed by atoms with Crippen molar-refractivity contribution in [2.75, 3.05) is 31.1 Å². The zero-order valence-corrected chi connectivity index (χ0v) is 15.7. The Labute approximate surface area is 169 Å². The van der Waals surface area contributed by atoms with E-state index in [1.165, 1.54) is 18.2 Å². The number of halogens is 4. The fraction of sp³-hybridized carbons (Fsp3) is 0.250. The highest BCUT2D eigenvalue weighted by Crippen LogP contribution is 2.28. The van der Waals surface area contributed by atoms with E-state index < -0.39 is 11.9 Å². The van der Waals surface area contributed by atoms with Gasteiger partial charge in [0.25, 0.3) is 5.91 Å². The largest absolute Gasteiger partial charge is 0.435 e. The molecule has 156 valence electrons. The highest BCUT2D eigenvalue weighted by atomic mass is 19.4. The molecule has 0 radical (unpaired) electrons. The van der Waals surface area contributed by atoms with E-state index in [2.05, 4.69) is 15.2 Å². The van der Waals surface area contributed by atoms with Crippen LogP contribution in [-0.2, 0) is 6.18 Å². The molecule has 10 heteroatoms. The summed E-state index contributed by atoms with van der Waals surface area (Å²) in [6.45, 7) is 1.65. The number of aromatic nitrogens is 3. The maximum Gasteiger partial charge on any atom is 0.435 e. The van der Waals surface area contributed by atoms with Crippen molar-refractivity contribution >= 4 is 11.7 Å². The maximum atomic E-state index is 13.1. The zero-order chi connectivity index (χ0) is 21.3. The molecule has 2 aromatic heterocycles. The number of aromatic amines is 1. The monoisotopic (exact) mass is 419 g/mol. The van der Waals surface area contributed by atoms with Crippen molar-refractivity contribution in [1.29, 1.82) is 0 Å². The van der Waals surface area contributed by atoms with Gasteiger partial charge in [0.05, 0.1) is 0 Å². The number of hydrogen-bond acceptors (Lipinski definition) is 4. The Morgan fingerprint density at radius 1 is 0.933 bits per heavy atom. The highest BCUT2D eigenvalue weighted by Gasteiger charge is 2.33. The van der Waals surface area contributed by atoms with Crippen molar-refractivity contribution in [2.24, 2.45) is 0 Å². The summed E-state index contributed by atoms with van der Waals surface area (Å²) in [4.78, 5) is 19.2. The summed E-state index contributed by atoms with van der Waals surface area (Å²) < 4.78 is 50.9. The summed E-state index contributed by atoms with van der Waals surface area (Å²) in [5, 5.41) is 6.90. The second-order valence-electron chi connectivity index (χ2n) is 6.86. The number of nitrogens with zero attached hydrogens (tertiary/aromatic N) is 4. The van der Waals surface area contributed by atoms with Crippen LogP contribution < -0.4 is 4.90 Å². The summed E-state index contributed by atoms with van der Waals surface area (Å²) in [6.07, 6.45) is -2.84. The van der Waals surface area contributed by atoms with E-state index in [0.717, 1.165) is 17.2 Å². The molecule has 1 fully saturated rings. The second-order valence-corrected chi connectivity index (χ2v) is 6.86. The first-order chi connectivity index (χ1) is 14.3. The quantitative estimate of drug-likeness (QED) is 0.659. The number of nitrogens with one attached hydrogen (secondary N) is 1. The lowest BCUT2D eigenvalue weighted by molar-refractivity contribution is -0.141. The van der Waals surface area contributed by atoms with Crippen molar-refractivity contribution < 1.29 is 22.4 Å². The first-order valence-electron chi connectivity index (χ1n) is 9.21. The molecular formula is C20H17F4N5O. The number of H-pyrrole nitrogens is 1. The average Bonchev–Trinajstić information content (AvgIpc) is 3.24. The summed E-state index contributed by atoms with van der Waals surface area (Å²) in [5.41, 5.74) is 0.940. The Morgan fingerprint density at radius 3 is 2.23 bits per heavy atom. The molecule has 3 aromatic rings. The van der Waals surface area contributed by atoms with E-state index in [0.29, 0.717) is 37.7 Å².